The van der Waals surface area contributed by atoms with Gasteiger partial charge in [-0.3, -0.25) is 0 Å². The fourth-order valence-electron chi connectivity index (χ4n) is 0.838. The Morgan fingerprint density at radius 2 is 1.78 bits per heavy atom. The van der Waals surface area contributed by atoms with Gasteiger partial charge in [0.15, 0.2) is 0 Å². The minimum absolute atomic E-state index is 0.295. The van der Waals surface area contributed by atoms with Crippen molar-refractivity contribution in [3.8, 4) is 0 Å². The topological polar surface area (TPSA) is 12.5 Å². The molecule has 53 valence electrons. The molecule has 0 aromatic carbocycles. The predicted molar refractivity (Wildman–Crippen MR) is 33.4 cm³/mol. The van der Waals surface area contributed by atoms with Crippen molar-refractivity contribution in [2.75, 3.05) is 14.1 Å². The first-order chi connectivity index (χ1) is 4.09. The molecule has 0 saturated heterocycles. The zero-order chi connectivity index (χ0) is 7.44. The quantitative estimate of drug-likeness (QED) is 0.641. The van der Waals surface area contributed by atoms with E-state index in [1.54, 1.807) is 0 Å². The van der Waals surface area contributed by atoms with Crippen LogP contribution in [0.3, 0.4) is 0 Å². The molecule has 1 unspecified atom stereocenters. The van der Waals surface area contributed by atoms with E-state index in [4.69, 9.17) is 2.81 Å². The average Bonchev–Trinajstić information content (AvgIpc) is 1.64. The van der Waals surface area contributed by atoms with Gasteiger partial charge in [0.1, 0.15) is 0 Å². The first kappa shape index (κ1) is 9.80. The molecular formula is C6H14NOZr. The van der Waals surface area contributed by atoms with Crippen molar-refractivity contribution in [3.05, 3.63) is 0 Å². The summed E-state index contributed by atoms with van der Waals surface area (Å²) < 4.78 is 5.29. The Morgan fingerprint density at radius 1 is 1.33 bits per heavy atom. The third-order valence-electron chi connectivity index (χ3n) is 1.20. The van der Waals surface area contributed by atoms with Crippen LogP contribution < -0.4 is 0 Å². The Hall–Kier alpha value is 0.803. The Balaban J connectivity index is 3.68. The third kappa shape index (κ3) is 3.49. The van der Waals surface area contributed by atoms with Gasteiger partial charge in [0, 0.05) is 0 Å². The summed E-state index contributed by atoms with van der Waals surface area (Å²) in [7, 11) is 4.07. The van der Waals surface area contributed by atoms with E-state index in [9.17, 15) is 0 Å². The first-order valence-electron chi connectivity index (χ1n) is 3.08. The SMILES string of the molecule is CC(C)C([O][Zr])N(C)C. The monoisotopic (exact) mass is 206 g/mol. The molecule has 0 amide bonds. The molecule has 0 aliphatic heterocycles. The molecule has 0 aromatic rings. The van der Waals surface area contributed by atoms with Crippen LogP contribution in [0, 0.1) is 5.92 Å². The van der Waals surface area contributed by atoms with Gasteiger partial charge in [0.2, 0.25) is 0 Å². The summed E-state index contributed by atoms with van der Waals surface area (Å²) in [5, 5.41) is 0. The van der Waals surface area contributed by atoms with E-state index in [2.05, 4.69) is 18.7 Å². The molecule has 0 rings (SSSR count). The van der Waals surface area contributed by atoms with Gasteiger partial charge in [-0.25, -0.2) is 0 Å². The number of rotatable bonds is 3. The Morgan fingerprint density at radius 3 is 1.78 bits per heavy atom. The molecule has 0 saturated carbocycles. The van der Waals surface area contributed by atoms with E-state index >= 15 is 0 Å². The van der Waals surface area contributed by atoms with Gasteiger partial charge < -0.3 is 0 Å². The zero-order valence-corrected chi connectivity index (χ0v) is 8.97. The summed E-state index contributed by atoms with van der Waals surface area (Å²) in [6.45, 7) is 4.32. The van der Waals surface area contributed by atoms with Crippen LogP contribution in [0.2, 0.25) is 0 Å². The van der Waals surface area contributed by atoms with E-state index in [0.29, 0.717) is 12.1 Å². The Kier molecular flexibility index (Phi) is 5.00. The second-order valence-electron chi connectivity index (χ2n) is 2.72. The van der Waals surface area contributed by atoms with Crippen LogP contribution in [0.5, 0.6) is 0 Å². The summed E-state index contributed by atoms with van der Waals surface area (Å²) in [4.78, 5) is 2.10. The van der Waals surface area contributed by atoms with Crippen molar-refractivity contribution in [1.82, 2.24) is 4.90 Å². The van der Waals surface area contributed by atoms with Gasteiger partial charge in [-0.1, -0.05) is 0 Å². The molecule has 0 fully saturated rings. The van der Waals surface area contributed by atoms with Gasteiger partial charge in [0.25, 0.3) is 0 Å². The molecule has 9 heavy (non-hydrogen) atoms. The molecule has 0 heterocycles. The molecule has 0 spiro atoms. The van der Waals surface area contributed by atoms with Gasteiger partial charge in [-0.2, -0.15) is 0 Å². The normalized spacial score (nSPS) is 14.8. The van der Waals surface area contributed by atoms with Crippen molar-refractivity contribution >= 4 is 0 Å². The maximum absolute atomic E-state index is 5.29. The molecule has 0 aliphatic rings. The van der Waals surface area contributed by atoms with Gasteiger partial charge >= 0.3 is 73.0 Å². The van der Waals surface area contributed by atoms with Gasteiger partial charge in [0.05, 0.1) is 0 Å². The summed E-state index contributed by atoms with van der Waals surface area (Å²) in [6, 6.07) is 0. The molecular weight excluding hydrogens is 193 g/mol. The fraction of sp³-hybridized carbons (Fsp3) is 1.00. The summed E-state index contributed by atoms with van der Waals surface area (Å²) in [5.41, 5.74) is 0. The molecule has 3 heteroatoms. The van der Waals surface area contributed by atoms with Crippen LogP contribution in [0.4, 0.5) is 0 Å². The van der Waals surface area contributed by atoms with Crippen LogP contribution in [0.1, 0.15) is 13.8 Å². The Labute approximate surface area is 73.0 Å². The van der Waals surface area contributed by atoms with E-state index in [1.807, 2.05) is 14.1 Å². The second kappa shape index (κ2) is 4.59. The van der Waals surface area contributed by atoms with E-state index in [1.165, 1.54) is 0 Å². The van der Waals surface area contributed by atoms with Crippen LogP contribution in [-0.2, 0) is 28.0 Å². The molecule has 1 atom stereocenters. The predicted octanol–water partition coefficient (Wildman–Crippen LogP) is 1.01. The maximum atomic E-state index is 5.29. The third-order valence-corrected chi connectivity index (χ3v) is 1.79. The fourth-order valence-corrected chi connectivity index (χ4v) is 2.02. The van der Waals surface area contributed by atoms with Crippen molar-refractivity contribution < 1.29 is 28.0 Å². The van der Waals surface area contributed by atoms with Gasteiger partial charge in [-0.15, -0.1) is 0 Å². The minimum atomic E-state index is 0.295. The molecule has 0 bridgehead atoms. The molecule has 0 aliphatic carbocycles. The number of hydrogen-bond acceptors (Lipinski definition) is 2. The van der Waals surface area contributed by atoms with Crippen LogP contribution in [0.25, 0.3) is 0 Å². The summed E-state index contributed by atoms with van der Waals surface area (Å²) in [5.74, 6) is 0.583. The average molecular weight is 207 g/mol. The van der Waals surface area contributed by atoms with E-state index in [0.717, 1.165) is 25.2 Å². The summed E-state index contributed by atoms with van der Waals surface area (Å²) >= 11 is 1.15. The van der Waals surface area contributed by atoms with Gasteiger partial charge in [-0.05, 0) is 0 Å². The van der Waals surface area contributed by atoms with Crippen molar-refractivity contribution in [2.24, 2.45) is 5.92 Å². The van der Waals surface area contributed by atoms with Crippen molar-refractivity contribution in [2.45, 2.75) is 20.1 Å². The standard InChI is InChI=1S/C6H14NO.Zr/c1-5(2)6(8)7(3)4;/h5-6H,1-4H3;/q-1;+1. The van der Waals surface area contributed by atoms with Crippen LogP contribution >= 0.6 is 0 Å². The van der Waals surface area contributed by atoms with Crippen LogP contribution in [0.15, 0.2) is 0 Å². The molecule has 0 radical (unpaired) electrons. The summed E-state index contributed by atoms with van der Waals surface area (Å²) in [6.07, 6.45) is 0.295. The molecule has 2 nitrogen and oxygen atoms in total. The Bertz CT molecular complexity index is 67.5. The van der Waals surface area contributed by atoms with Crippen molar-refractivity contribution in [1.29, 1.82) is 0 Å². The van der Waals surface area contributed by atoms with E-state index < -0.39 is 0 Å². The second-order valence-corrected chi connectivity index (χ2v) is 3.30. The number of hydrogen-bond donors (Lipinski definition) is 0. The van der Waals surface area contributed by atoms with Crippen LogP contribution in [-0.4, -0.2) is 25.2 Å². The molecule has 0 aromatic heterocycles. The zero-order valence-electron chi connectivity index (χ0n) is 6.51. The van der Waals surface area contributed by atoms with E-state index in [-0.39, 0.29) is 0 Å². The molecule has 0 N–H and O–H groups in total. The van der Waals surface area contributed by atoms with Crippen molar-refractivity contribution in [3.63, 3.8) is 0 Å². The first-order valence-corrected chi connectivity index (χ1v) is 4.08. The number of nitrogens with zero attached hydrogens (tertiary/aromatic N) is 1.